The van der Waals surface area contributed by atoms with Crippen LogP contribution in [0, 0.1) is 0 Å². The Labute approximate surface area is 158 Å². The molecule has 134 valence electrons. The maximum Gasteiger partial charge on any atom is 0.262 e. The van der Waals surface area contributed by atoms with Gasteiger partial charge in [-0.25, -0.2) is 9.97 Å². The van der Waals surface area contributed by atoms with E-state index in [1.807, 2.05) is 18.2 Å². The second-order valence-corrected chi connectivity index (χ2v) is 6.16. The van der Waals surface area contributed by atoms with E-state index in [2.05, 4.69) is 31.2 Å². The average Bonchev–Trinajstić information content (AvgIpc) is 2.66. The Kier molecular flexibility index (Phi) is 5.52. The van der Waals surface area contributed by atoms with Crippen molar-refractivity contribution in [1.29, 1.82) is 0 Å². The number of amides is 1. The molecule has 0 aliphatic rings. The number of fused-ring (bicyclic) bond motifs is 1. The van der Waals surface area contributed by atoms with Gasteiger partial charge in [-0.3, -0.25) is 4.79 Å². The predicted octanol–water partition coefficient (Wildman–Crippen LogP) is 3.43. The van der Waals surface area contributed by atoms with Crippen LogP contribution in [-0.4, -0.2) is 36.7 Å². The van der Waals surface area contributed by atoms with Crippen LogP contribution in [0.25, 0.3) is 10.9 Å². The van der Waals surface area contributed by atoms with Crippen molar-refractivity contribution >= 4 is 38.4 Å². The molecular formula is C18H16BrN3O4. The second-order valence-electron chi connectivity index (χ2n) is 5.24. The minimum atomic E-state index is -0.338. The van der Waals surface area contributed by atoms with Gasteiger partial charge in [-0.1, -0.05) is 15.9 Å². The molecule has 7 nitrogen and oxygen atoms in total. The van der Waals surface area contributed by atoms with Crippen LogP contribution in [0.15, 0.2) is 47.2 Å². The first-order valence-corrected chi connectivity index (χ1v) is 8.45. The van der Waals surface area contributed by atoms with E-state index < -0.39 is 0 Å². The van der Waals surface area contributed by atoms with E-state index in [9.17, 15) is 4.79 Å². The Hall–Kier alpha value is -2.87. The monoisotopic (exact) mass is 417 g/mol. The van der Waals surface area contributed by atoms with Gasteiger partial charge in [-0.2, -0.15) is 0 Å². The molecule has 1 N–H and O–H groups in total. The minimum Gasteiger partial charge on any atom is -0.497 e. The SMILES string of the molecule is COc1ccc(NC(=O)COc2ncnc3ccc(Br)cc23)c(OC)c1. The highest BCUT2D eigenvalue weighted by Crippen LogP contribution is 2.29. The first kappa shape index (κ1) is 17.9. The molecule has 1 heterocycles. The molecule has 0 saturated carbocycles. The first-order chi connectivity index (χ1) is 12.6. The summed E-state index contributed by atoms with van der Waals surface area (Å²) in [5.41, 5.74) is 1.26. The highest BCUT2D eigenvalue weighted by molar-refractivity contribution is 9.10. The number of carbonyl (C=O) groups excluding carboxylic acids is 1. The lowest BCUT2D eigenvalue weighted by molar-refractivity contribution is -0.118. The molecule has 0 aliphatic carbocycles. The van der Waals surface area contributed by atoms with Gasteiger partial charge < -0.3 is 19.5 Å². The lowest BCUT2D eigenvalue weighted by Crippen LogP contribution is -2.21. The van der Waals surface area contributed by atoms with Crippen LogP contribution in [0.4, 0.5) is 5.69 Å². The third-order valence-corrected chi connectivity index (χ3v) is 4.08. The lowest BCUT2D eigenvalue weighted by Gasteiger charge is -2.12. The third-order valence-electron chi connectivity index (χ3n) is 3.58. The Morgan fingerprint density at radius 2 is 1.96 bits per heavy atom. The van der Waals surface area contributed by atoms with Crippen molar-refractivity contribution in [3.8, 4) is 17.4 Å². The van der Waals surface area contributed by atoms with Crippen molar-refractivity contribution in [2.24, 2.45) is 0 Å². The average molecular weight is 418 g/mol. The number of methoxy groups -OCH3 is 2. The first-order valence-electron chi connectivity index (χ1n) is 7.65. The van der Waals surface area contributed by atoms with E-state index in [4.69, 9.17) is 14.2 Å². The topological polar surface area (TPSA) is 82.6 Å². The number of nitrogens with one attached hydrogen (secondary N) is 1. The smallest absolute Gasteiger partial charge is 0.262 e. The van der Waals surface area contributed by atoms with Crippen molar-refractivity contribution in [2.45, 2.75) is 0 Å². The van der Waals surface area contributed by atoms with Crippen LogP contribution in [0.1, 0.15) is 0 Å². The van der Waals surface area contributed by atoms with E-state index in [1.165, 1.54) is 13.4 Å². The quantitative estimate of drug-likeness (QED) is 0.661. The predicted molar refractivity (Wildman–Crippen MR) is 101 cm³/mol. The number of carbonyl (C=O) groups is 1. The summed E-state index contributed by atoms with van der Waals surface area (Å²) >= 11 is 3.40. The highest BCUT2D eigenvalue weighted by atomic mass is 79.9. The van der Waals surface area contributed by atoms with Crippen LogP contribution in [0.3, 0.4) is 0 Å². The van der Waals surface area contributed by atoms with E-state index >= 15 is 0 Å². The number of hydrogen-bond acceptors (Lipinski definition) is 6. The maximum absolute atomic E-state index is 12.2. The Morgan fingerprint density at radius 1 is 1.12 bits per heavy atom. The molecule has 0 radical (unpaired) electrons. The van der Waals surface area contributed by atoms with E-state index in [1.54, 1.807) is 25.3 Å². The number of ether oxygens (including phenoxy) is 3. The molecule has 0 saturated heterocycles. The van der Waals surface area contributed by atoms with Crippen LogP contribution in [0.5, 0.6) is 17.4 Å². The molecule has 1 aromatic heterocycles. The number of benzene rings is 2. The maximum atomic E-state index is 12.2. The van der Waals surface area contributed by atoms with Gasteiger partial charge in [0.1, 0.15) is 17.8 Å². The molecule has 3 aromatic rings. The molecule has 0 atom stereocenters. The molecule has 1 amide bonds. The number of rotatable bonds is 6. The van der Waals surface area contributed by atoms with Crippen molar-refractivity contribution in [1.82, 2.24) is 9.97 Å². The summed E-state index contributed by atoms with van der Waals surface area (Å²) in [7, 11) is 3.08. The summed E-state index contributed by atoms with van der Waals surface area (Å²) < 4.78 is 16.8. The van der Waals surface area contributed by atoms with Gasteiger partial charge in [0.2, 0.25) is 5.88 Å². The van der Waals surface area contributed by atoms with Gasteiger partial charge in [0.05, 0.1) is 30.8 Å². The fraction of sp³-hybridized carbons (Fsp3) is 0.167. The fourth-order valence-electron chi connectivity index (χ4n) is 2.34. The number of anilines is 1. The van der Waals surface area contributed by atoms with Gasteiger partial charge >= 0.3 is 0 Å². The number of hydrogen-bond donors (Lipinski definition) is 1. The molecule has 0 unspecified atom stereocenters. The summed E-state index contributed by atoms with van der Waals surface area (Å²) in [4.78, 5) is 20.5. The molecule has 0 spiro atoms. The Bertz CT molecular complexity index is 949. The minimum absolute atomic E-state index is 0.201. The standard InChI is InChI=1S/C18H16BrN3O4/c1-24-12-4-6-15(16(8-12)25-2)22-17(23)9-26-18-13-7-11(19)3-5-14(13)20-10-21-18/h3-8,10H,9H2,1-2H3,(H,22,23). The van der Waals surface area contributed by atoms with Crippen molar-refractivity contribution in [2.75, 3.05) is 26.1 Å². The lowest BCUT2D eigenvalue weighted by atomic mass is 10.2. The number of aromatic nitrogens is 2. The van der Waals surface area contributed by atoms with Crippen LogP contribution < -0.4 is 19.5 Å². The van der Waals surface area contributed by atoms with E-state index in [0.717, 1.165) is 15.4 Å². The van der Waals surface area contributed by atoms with Crippen molar-refractivity contribution in [3.63, 3.8) is 0 Å². The van der Waals surface area contributed by atoms with Gasteiger partial charge in [0.25, 0.3) is 5.91 Å². The van der Waals surface area contributed by atoms with Crippen LogP contribution >= 0.6 is 15.9 Å². The largest absolute Gasteiger partial charge is 0.497 e. The molecule has 26 heavy (non-hydrogen) atoms. The molecular weight excluding hydrogens is 402 g/mol. The van der Waals surface area contributed by atoms with Gasteiger partial charge in [0.15, 0.2) is 6.61 Å². The summed E-state index contributed by atoms with van der Waals surface area (Å²) in [6, 6.07) is 10.7. The zero-order valence-corrected chi connectivity index (χ0v) is 15.7. The summed E-state index contributed by atoms with van der Waals surface area (Å²) in [6.45, 7) is -0.201. The molecule has 0 fully saturated rings. The molecule has 3 rings (SSSR count). The summed E-state index contributed by atoms with van der Waals surface area (Å²) in [5.74, 6) is 1.13. The Balaban J connectivity index is 1.71. The normalized spacial score (nSPS) is 10.4. The molecule has 8 heteroatoms. The third kappa shape index (κ3) is 4.02. The van der Waals surface area contributed by atoms with Crippen molar-refractivity contribution in [3.05, 3.63) is 47.2 Å². The zero-order chi connectivity index (χ0) is 18.5. The highest BCUT2D eigenvalue weighted by Gasteiger charge is 2.12. The fourth-order valence-corrected chi connectivity index (χ4v) is 2.70. The summed E-state index contributed by atoms with van der Waals surface area (Å²) in [5, 5.41) is 3.46. The van der Waals surface area contributed by atoms with Crippen LogP contribution in [0.2, 0.25) is 0 Å². The van der Waals surface area contributed by atoms with Gasteiger partial charge in [0, 0.05) is 10.5 Å². The van der Waals surface area contributed by atoms with Gasteiger partial charge in [-0.15, -0.1) is 0 Å². The number of halogens is 1. The molecule has 2 aromatic carbocycles. The van der Waals surface area contributed by atoms with Gasteiger partial charge in [-0.05, 0) is 30.3 Å². The molecule has 0 bridgehead atoms. The summed E-state index contributed by atoms with van der Waals surface area (Å²) in [6.07, 6.45) is 1.40. The Morgan fingerprint density at radius 3 is 2.73 bits per heavy atom. The van der Waals surface area contributed by atoms with Crippen LogP contribution in [-0.2, 0) is 4.79 Å². The molecule has 0 aliphatic heterocycles. The van der Waals surface area contributed by atoms with Crippen molar-refractivity contribution < 1.29 is 19.0 Å². The second kappa shape index (κ2) is 8.01. The van der Waals surface area contributed by atoms with E-state index in [0.29, 0.717) is 23.1 Å². The zero-order valence-electron chi connectivity index (χ0n) is 14.2. The van der Waals surface area contributed by atoms with E-state index in [-0.39, 0.29) is 12.5 Å². The number of nitrogens with zero attached hydrogens (tertiary/aromatic N) is 2.